The van der Waals surface area contributed by atoms with Crippen molar-refractivity contribution in [3.8, 4) is 0 Å². The van der Waals surface area contributed by atoms with Crippen LogP contribution in [0.4, 0.5) is 11.4 Å². The average Bonchev–Trinajstić information content (AvgIpc) is 2.76. The van der Waals surface area contributed by atoms with Gasteiger partial charge in [-0.05, 0) is 17.7 Å². The highest BCUT2D eigenvalue weighted by atomic mass is 16.6. The summed E-state index contributed by atoms with van der Waals surface area (Å²) in [5.74, 6) is -0.794. The van der Waals surface area contributed by atoms with Crippen molar-refractivity contribution < 1.29 is 19.2 Å². The van der Waals surface area contributed by atoms with Gasteiger partial charge in [0.2, 0.25) is 5.91 Å². The maximum Gasteiger partial charge on any atom is 0.334 e. The van der Waals surface area contributed by atoms with Crippen molar-refractivity contribution in [3.05, 3.63) is 39.4 Å². The molecule has 1 amide bonds. The molecule has 1 aliphatic heterocycles. The second-order valence-electron chi connectivity index (χ2n) is 4.27. The Morgan fingerprint density at radius 1 is 1.50 bits per heavy atom. The van der Waals surface area contributed by atoms with E-state index in [0.717, 1.165) is 0 Å². The maximum absolute atomic E-state index is 11.3. The Bertz CT molecular complexity index is 621. The number of rotatable bonds is 3. The zero-order valence-corrected chi connectivity index (χ0v) is 10.7. The molecule has 0 unspecified atom stereocenters. The van der Waals surface area contributed by atoms with Crippen molar-refractivity contribution in [2.24, 2.45) is 0 Å². The molecule has 7 heteroatoms. The number of carbonyl (C=O) groups excluding carboxylic acids is 2. The lowest BCUT2D eigenvalue weighted by Crippen LogP contribution is -2.08. The van der Waals surface area contributed by atoms with Crippen LogP contribution in [-0.2, 0) is 14.3 Å². The molecular weight excluding hydrogens is 264 g/mol. The van der Waals surface area contributed by atoms with E-state index < -0.39 is 16.8 Å². The monoisotopic (exact) mass is 276 g/mol. The summed E-state index contributed by atoms with van der Waals surface area (Å²) in [6.07, 6.45) is 2.04. The van der Waals surface area contributed by atoms with Gasteiger partial charge in [-0.1, -0.05) is 6.07 Å². The highest BCUT2D eigenvalue weighted by Crippen LogP contribution is 2.27. The van der Waals surface area contributed by atoms with Gasteiger partial charge in [-0.2, -0.15) is 0 Å². The first kappa shape index (κ1) is 13.7. The molecule has 0 spiro atoms. The predicted molar refractivity (Wildman–Crippen MR) is 71.0 cm³/mol. The lowest BCUT2D eigenvalue weighted by molar-refractivity contribution is -0.383. The summed E-state index contributed by atoms with van der Waals surface area (Å²) in [6, 6.07) is 4.34. The van der Waals surface area contributed by atoms with Crippen molar-refractivity contribution in [1.29, 1.82) is 0 Å². The molecule has 1 aromatic carbocycles. The molecule has 1 fully saturated rings. The topological polar surface area (TPSA) is 98.5 Å². The Morgan fingerprint density at radius 2 is 2.25 bits per heavy atom. The van der Waals surface area contributed by atoms with Crippen LogP contribution in [0, 0.1) is 10.1 Å². The number of nitrogens with zero attached hydrogens (tertiary/aromatic N) is 1. The number of cyclic esters (lactones) is 1. The zero-order valence-electron chi connectivity index (χ0n) is 10.7. The number of hydrogen-bond acceptors (Lipinski definition) is 5. The van der Waals surface area contributed by atoms with Crippen LogP contribution in [-0.4, -0.2) is 23.4 Å². The second kappa shape index (κ2) is 5.52. The smallest absolute Gasteiger partial charge is 0.334 e. The number of nitro benzene ring substituents is 1. The van der Waals surface area contributed by atoms with Crippen molar-refractivity contribution in [2.75, 3.05) is 11.9 Å². The largest absolute Gasteiger partial charge is 0.462 e. The van der Waals surface area contributed by atoms with Crippen LogP contribution in [0.25, 0.3) is 6.08 Å². The van der Waals surface area contributed by atoms with Crippen molar-refractivity contribution in [1.82, 2.24) is 0 Å². The Labute approximate surface area is 114 Å². The first-order valence-electron chi connectivity index (χ1n) is 5.91. The molecule has 1 aromatic rings. The number of ether oxygens (including phenoxy) is 1. The van der Waals surface area contributed by atoms with Crippen molar-refractivity contribution >= 4 is 29.3 Å². The fraction of sp³-hybridized carbons (Fsp3) is 0.231. The molecule has 1 N–H and O–H groups in total. The minimum Gasteiger partial charge on any atom is -0.462 e. The molecule has 20 heavy (non-hydrogen) atoms. The van der Waals surface area contributed by atoms with E-state index in [1.807, 2.05) is 0 Å². The second-order valence-corrected chi connectivity index (χ2v) is 4.27. The van der Waals surface area contributed by atoms with Crippen LogP contribution in [0.5, 0.6) is 0 Å². The van der Waals surface area contributed by atoms with E-state index in [1.165, 1.54) is 19.1 Å². The molecule has 1 saturated heterocycles. The summed E-state index contributed by atoms with van der Waals surface area (Å²) >= 11 is 0. The minimum absolute atomic E-state index is 0.124. The molecule has 2 rings (SSSR count). The summed E-state index contributed by atoms with van der Waals surface area (Å²) in [7, 11) is 0. The van der Waals surface area contributed by atoms with E-state index in [4.69, 9.17) is 4.74 Å². The third-order valence-corrected chi connectivity index (χ3v) is 2.74. The Morgan fingerprint density at radius 3 is 2.80 bits per heavy atom. The van der Waals surface area contributed by atoms with E-state index in [1.54, 1.807) is 12.1 Å². The zero-order chi connectivity index (χ0) is 14.7. The van der Waals surface area contributed by atoms with Gasteiger partial charge in [-0.25, -0.2) is 4.79 Å². The number of nitrogens with one attached hydrogen (secondary N) is 1. The number of carbonyl (C=O) groups is 2. The Hall–Kier alpha value is -2.70. The van der Waals surface area contributed by atoms with Crippen LogP contribution >= 0.6 is 0 Å². The molecule has 0 bridgehead atoms. The molecular formula is C13H12N2O5. The van der Waals surface area contributed by atoms with Crippen LogP contribution < -0.4 is 5.32 Å². The molecule has 1 heterocycles. The van der Waals surface area contributed by atoms with Crippen LogP contribution in [0.3, 0.4) is 0 Å². The quantitative estimate of drug-likeness (QED) is 0.393. The highest BCUT2D eigenvalue weighted by molar-refractivity contribution is 5.96. The third-order valence-electron chi connectivity index (χ3n) is 2.74. The number of nitro groups is 1. The lowest BCUT2D eigenvalue weighted by Gasteiger charge is -2.04. The number of esters is 1. The molecule has 0 radical (unpaired) electrons. The number of benzene rings is 1. The average molecular weight is 276 g/mol. The summed E-state index contributed by atoms with van der Waals surface area (Å²) < 4.78 is 4.79. The van der Waals surface area contributed by atoms with E-state index in [-0.39, 0.29) is 11.4 Å². The van der Waals surface area contributed by atoms with Gasteiger partial charge in [-0.3, -0.25) is 14.9 Å². The normalized spacial score (nSPS) is 16.1. The number of amides is 1. The molecule has 7 nitrogen and oxygen atoms in total. The number of hydrogen-bond donors (Lipinski definition) is 1. The van der Waals surface area contributed by atoms with Gasteiger partial charge in [0, 0.05) is 25.0 Å². The van der Waals surface area contributed by atoms with Gasteiger partial charge < -0.3 is 10.1 Å². The maximum atomic E-state index is 11.3. The first-order chi connectivity index (χ1) is 9.47. The summed E-state index contributed by atoms with van der Waals surface area (Å²) in [4.78, 5) is 32.7. The van der Waals surface area contributed by atoms with E-state index in [0.29, 0.717) is 24.2 Å². The standard InChI is InChI=1S/C13H12N2O5/c1-8(16)14-11-3-2-9(7-12(11)15(18)19)6-10-4-5-20-13(10)17/h2-3,6-7H,4-5H2,1H3,(H,14,16)/b10-6+. The molecule has 0 atom stereocenters. The van der Waals surface area contributed by atoms with Gasteiger partial charge >= 0.3 is 5.97 Å². The summed E-state index contributed by atoms with van der Waals surface area (Å²) in [5.41, 5.74) is 0.894. The number of anilines is 1. The first-order valence-corrected chi connectivity index (χ1v) is 5.91. The van der Waals surface area contributed by atoms with Gasteiger partial charge in [-0.15, -0.1) is 0 Å². The molecule has 0 aromatic heterocycles. The van der Waals surface area contributed by atoms with Gasteiger partial charge in [0.05, 0.1) is 11.5 Å². The Kier molecular flexibility index (Phi) is 3.79. The van der Waals surface area contributed by atoms with Crippen LogP contribution in [0.2, 0.25) is 0 Å². The fourth-order valence-electron chi connectivity index (χ4n) is 1.87. The van der Waals surface area contributed by atoms with Gasteiger partial charge in [0.15, 0.2) is 0 Å². The summed E-state index contributed by atoms with van der Waals surface area (Å²) in [5, 5.41) is 13.4. The molecule has 0 aliphatic carbocycles. The van der Waals surface area contributed by atoms with Crippen LogP contribution in [0.1, 0.15) is 18.9 Å². The SMILES string of the molecule is CC(=O)Nc1ccc(/C=C2\CCOC2=O)cc1[N+](=O)[O-]. The van der Waals surface area contributed by atoms with E-state index in [2.05, 4.69) is 5.32 Å². The summed E-state index contributed by atoms with van der Waals surface area (Å²) in [6.45, 7) is 1.60. The predicted octanol–water partition coefficient (Wildman–Crippen LogP) is 1.88. The van der Waals surface area contributed by atoms with Crippen molar-refractivity contribution in [2.45, 2.75) is 13.3 Å². The fourth-order valence-corrected chi connectivity index (χ4v) is 1.87. The highest BCUT2D eigenvalue weighted by Gasteiger charge is 2.20. The Balaban J connectivity index is 2.37. The minimum atomic E-state index is -0.583. The van der Waals surface area contributed by atoms with Gasteiger partial charge in [0.1, 0.15) is 5.69 Å². The van der Waals surface area contributed by atoms with E-state index in [9.17, 15) is 19.7 Å². The van der Waals surface area contributed by atoms with Crippen LogP contribution in [0.15, 0.2) is 23.8 Å². The van der Waals surface area contributed by atoms with Crippen molar-refractivity contribution in [3.63, 3.8) is 0 Å². The lowest BCUT2D eigenvalue weighted by atomic mass is 10.1. The third kappa shape index (κ3) is 3.00. The van der Waals surface area contributed by atoms with Gasteiger partial charge in [0.25, 0.3) is 5.69 Å². The molecule has 104 valence electrons. The molecule has 1 aliphatic rings. The molecule has 0 saturated carbocycles. The van der Waals surface area contributed by atoms with E-state index >= 15 is 0 Å².